The molecule has 0 N–H and O–H groups in total. The predicted octanol–water partition coefficient (Wildman–Crippen LogP) is 0.955. The van der Waals surface area contributed by atoms with Crippen molar-refractivity contribution in [1.29, 1.82) is 0 Å². The fraction of sp³-hybridized carbons (Fsp3) is 0.471. The van der Waals surface area contributed by atoms with Crippen LogP contribution in [0.5, 0.6) is 0 Å². The van der Waals surface area contributed by atoms with E-state index in [0.717, 1.165) is 24.2 Å². The zero-order valence-corrected chi connectivity index (χ0v) is 15.4. The van der Waals surface area contributed by atoms with Gasteiger partial charge in [-0.05, 0) is 31.0 Å². The first-order valence-corrected chi connectivity index (χ1v) is 10.1. The monoisotopic (exact) mass is 375 g/mol. The molecular formula is C17H21N5O3S. The maximum absolute atomic E-state index is 12.7. The summed E-state index contributed by atoms with van der Waals surface area (Å²) in [5.74, 6) is 0.151. The zero-order valence-electron chi connectivity index (χ0n) is 14.6. The molecule has 138 valence electrons. The molecule has 2 aliphatic heterocycles. The van der Waals surface area contributed by atoms with Gasteiger partial charge in [-0.15, -0.1) is 5.10 Å². The third-order valence-corrected chi connectivity index (χ3v) is 6.74. The predicted molar refractivity (Wildman–Crippen MR) is 93.6 cm³/mol. The summed E-state index contributed by atoms with van der Waals surface area (Å²) in [7, 11) is -3.47. The van der Waals surface area contributed by atoms with Gasteiger partial charge in [-0.1, -0.05) is 17.3 Å². The maximum Gasteiger partial charge on any atom is 0.243 e. The number of carbonyl (C=O) groups excluding carboxylic acids is 1. The van der Waals surface area contributed by atoms with Crippen LogP contribution >= 0.6 is 0 Å². The lowest BCUT2D eigenvalue weighted by Crippen LogP contribution is -2.50. The number of hydrogen-bond donors (Lipinski definition) is 0. The van der Waals surface area contributed by atoms with Crippen molar-refractivity contribution < 1.29 is 13.2 Å². The molecule has 4 rings (SSSR count). The molecule has 2 fully saturated rings. The van der Waals surface area contributed by atoms with Crippen LogP contribution < -0.4 is 0 Å². The molecule has 3 heterocycles. The highest BCUT2D eigenvalue weighted by Crippen LogP contribution is 2.28. The molecule has 8 nitrogen and oxygen atoms in total. The Morgan fingerprint density at radius 2 is 2.08 bits per heavy atom. The first-order chi connectivity index (χ1) is 12.4. The summed E-state index contributed by atoms with van der Waals surface area (Å²) in [6, 6.07) is 6.91. The summed E-state index contributed by atoms with van der Waals surface area (Å²) in [5, 5.41) is 8.24. The van der Waals surface area contributed by atoms with E-state index in [1.165, 1.54) is 4.31 Å². The van der Waals surface area contributed by atoms with Crippen molar-refractivity contribution in [3.8, 4) is 0 Å². The van der Waals surface area contributed by atoms with E-state index in [1.807, 2.05) is 19.2 Å². The average molecular weight is 375 g/mol. The van der Waals surface area contributed by atoms with Gasteiger partial charge in [0.2, 0.25) is 15.9 Å². The van der Waals surface area contributed by atoms with Gasteiger partial charge < -0.3 is 4.90 Å². The van der Waals surface area contributed by atoms with Gasteiger partial charge in [0, 0.05) is 26.1 Å². The van der Waals surface area contributed by atoms with Crippen molar-refractivity contribution in [2.45, 2.75) is 37.2 Å². The molecule has 9 heteroatoms. The molecule has 0 atom stereocenters. The number of benzene rings is 1. The highest BCUT2D eigenvalue weighted by Gasteiger charge is 2.38. The molecule has 1 aromatic carbocycles. The Kier molecular flexibility index (Phi) is 4.28. The molecule has 0 unspecified atom stereocenters. The number of sulfonamides is 1. The second-order valence-corrected chi connectivity index (χ2v) is 8.84. The number of carbonyl (C=O) groups is 1. The van der Waals surface area contributed by atoms with E-state index in [4.69, 9.17) is 0 Å². The van der Waals surface area contributed by atoms with Crippen molar-refractivity contribution in [2.24, 2.45) is 0 Å². The number of hydrogen-bond acceptors (Lipinski definition) is 5. The number of aryl methyl sites for hydroxylation is 1. The summed E-state index contributed by atoms with van der Waals surface area (Å²) in [6.07, 6.45) is 3.30. The van der Waals surface area contributed by atoms with Crippen molar-refractivity contribution in [3.63, 3.8) is 0 Å². The maximum atomic E-state index is 12.7. The quantitative estimate of drug-likeness (QED) is 0.776. The standard InChI is InChI=1S/C17H21N5O3S/c1-13-4-2-5-16(8-13)26(24,25)21-11-15(12-21)22-10-14(18-19-22)9-20-7-3-6-17(20)23/h2,4-5,8,10,15H,3,6-7,9,11-12H2,1H3. The SMILES string of the molecule is Cc1cccc(S(=O)(=O)N2CC(n3cc(CN4CCCC4=O)nn3)C2)c1. The Morgan fingerprint density at radius 1 is 1.27 bits per heavy atom. The van der Waals surface area contributed by atoms with Crippen molar-refractivity contribution in [1.82, 2.24) is 24.2 Å². The summed E-state index contributed by atoms with van der Waals surface area (Å²) >= 11 is 0. The normalized spacial score (nSPS) is 19.1. The Hall–Kier alpha value is -2.26. The van der Waals surface area contributed by atoms with Gasteiger partial charge in [-0.2, -0.15) is 4.31 Å². The smallest absolute Gasteiger partial charge is 0.243 e. The number of rotatable bonds is 5. The Labute approximate surface area is 152 Å². The molecule has 1 amide bonds. The van der Waals surface area contributed by atoms with E-state index in [9.17, 15) is 13.2 Å². The van der Waals surface area contributed by atoms with E-state index < -0.39 is 10.0 Å². The molecule has 26 heavy (non-hydrogen) atoms. The molecule has 2 saturated heterocycles. The molecular weight excluding hydrogens is 354 g/mol. The van der Waals surface area contributed by atoms with Crippen LogP contribution in [0.25, 0.3) is 0 Å². The lowest BCUT2D eigenvalue weighted by Gasteiger charge is -2.37. The van der Waals surface area contributed by atoms with Crippen LogP contribution in [0.15, 0.2) is 35.4 Å². The number of nitrogens with zero attached hydrogens (tertiary/aromatic N) is 5. The Bertz CT molecular complexity index is 933. The summed E-state index contributed by atoms with van der Waals surface area (Å²) in [6.45, 7) is 3.86. The van der Waals surface area contributed by atoms with Gasteiger partial charge in [0.25, 0.3) is 0 Å². The molecule has 1 aromatic heterocycles. The van der Waals surface area contributed by atoms with Gasteiger partial charge in [0.05, 0.1) is 23.7 Å². The lowest BCUT2D eigenvalue weighted by atomic mass is 10.2. The molecule has 2 aliphatic rings. The van der Waals surface area contributed by atoms with Crippen LogP contribution in [-0.4, -0.2) is 58.2 Å². The Morgan fingerprint density at radius 3 is 2.77 bits per heavy atom. The second kappa shape index (κ2) is 6.48. The van der Waals surface area contributed by atoms with Crippen LogP contribution in [0.1, 0.15) is 30.1 Å². The molecule has 0 spiro atoms. The van der Waals surface area contributed by atoms with E-state index in [1.54, 1.807) is 27.8 Å². The number of likely N-dealkylation sites (tertiary alicyclic amines) is 1. The summed E-state index contributed by atoms with van der Waals surface area (Å²) < 4.78 is 28.5. The fourth-order valence-electron chi connectivity index (χ4n) is 3.34. The topological polar surface area (TPSA) is 88.4 Å². The second-order valence-electron chi connectivity index (χ2n) is 6.90. The van der Waals surface area contributed by atoms with Gasteiger partial charge in [0.1, 0.15) is 5.69 Å². The van der Waals surface area contributed by atoms with Gasteiger partial charge >= 0.3 is 0 Å². The van der Waals surface area contributed by atoms with E-state index >= 15 is 0 Å². The van der Waals surface area contributed by atoms with Crippen molar-refractivity contribution in [2.75, 3.05) is 19.6 Å². The molecule has 0 aliphatic carbocycles. The minimum Gasteiger partial charge on any atom is -0.337 e. The zero-order chi connectivity index (χ0) is 18.3. The molecule has 2 aromatic rings. The highest BCUT2D eigenvalue weighted by atomic mass is 32.2. The minimum absolute atomic E-state index is 0.0230. The van der Waals surface area contributed by atoms with E-state index in [0.29, 0.717) is 31.0 Å². The largest absolute Gasteiger partial charge is 0.337 e. The lowest BCUT2D eigenvalue weighted by molar-refractivity contribution is -0.128. The highest BCUT2D eigenvalue weighted by molar-refractivity contribution is 7.89. The van der Waals surface area contributed by atoms with Crippen molar-refractivity contribution >= 4 is 15.9 Å². The third-order valence-electron chi connectivity index (χ3n) is 4.91. The average Bonchev–Trinajstić information content (AvgIpc) is 3.16. The number of aromatic nitrogens is 3. The van der Waals surface area contributed by atoms with E-state index in [2.05, 4.69) is 10.3 Å². The van der Waals surface area contributed by atoms with Crippen LogP contribution in [-0.2, 0) is 21.4 Å². The van der Waals surface area contributed by atoms with Crippen molar-refractivity contribution in [3.05, 3.63) is 41.7 Å². The molecule has 0 saturated carbocycles. The fourth-order valence-corrected chi connectivity index (χ4v) is 4.96. The summed E-state index contributed by atoms with van der Waals surface area (Å²) in [5.41, 5.74) is 1.65. The van der Waals surface area contributed by atoms with Gasteiger partial charge in [0.15, 0.2) is 0 Å². The minimum atomic E-state index is -3.47. The molecule has 0 bridgehead atoms. The Balaban J connectivity index is 1.40. The van der Waals surface area contributed by atoms with Gasteiger partial charge in [-0.3, -0.25) is 4.79 Å². The van der Waals surface area contributed by atoms with Crippen LogP contribution in [0.3, 0.4) is 0 Å². The van der Waals surface area contributed by atoms with Crippen LogP contribution in [0, 0.1) is 6.92 Å². The third kappa shape index (κ3) is 3.12. The van der Waals surface area contributed by atoms with Crippen LogP contribution in [0.4, 0.5) is 0 Å². The molecule has 0 radical (unpaired) electrons. The van der Waals surface area contributed by atoms with E-state index in [-0.39, 0.29) is 11.9 Å². The number of amides is 1. The summed E-state index contributed by atoms with van der Waals surface area (Å²) in [4.78, 5) is 13.8. The van der Waals surface area contributed by atoms with Crippen LogP contribution in [0.2, 0.25) is 0 Å². The van der Waals surface area contributed by atoms with Gasteiger partial charge in [-0.25, -0.2) is 13.1 Å². The first-order valence-electron chi connectivity index (χ1n) is 8.69. The first kappa shape index (κ1) is 17.2.